The van der Waals surface area contributed by atoms with E-state index in [0.717, 1.165) is 6.92 Å². The maximum absolute atomic E-state index is 13.3. The SMILES string of the molecule is CC1(C)CN(CC2CN(S(=O)(=O)c3cccs3)CCN2c2ccc(C(C)(O)C(F)(F)F)cc2)CCO1. The number of hydrogen-bond donors (Lipinski definition) is 1. The Morgan fingerprint density at radius 3 is 2.42 bits per heavy atom. The first-order valence-electron chi connectivity index (χ1n) is 11.8. The fourth-order valence-corrected chi connectivity index (χ4v) is 7.40. The molecule has 0 saturated carbocycles. The number of nitrogens with zero attached hydrogens (tertiary/aromatic N) is 3. The van der Waals surface area contributed by atoms with Crippen LogP contribution in [-0.2, 0) is 20.4 Å². The lowest BCUT2D eigenvalue weighted by molar-refractivity contribution is -0.258. The molecule has 4 rings (SSSR count). The Morgan fingerprint density at radius 2 is 1.83 bits per heavy atom. The first kappa shape index (κ1) is 27.3. The van der Waals surface area contributed by atoms with Crippen molar-refractivity contribution in [2.24, 2.45) is 0 Å². The zero-order valence-corrected chi connectivity index (χ0v) is 22.2. The lowest BCUT2D eigenvalue weighted by atomic mass is 9.95. The van der Waals surface area contributed by atoms with Gasteiger partial charge >= 0.3 is 6.18 Å². The molecular weight excluding hydrogens is 515 g/mol. The van der Waals surface area contributed by atoms with Crippen LogP contribution in [0.2, 0.25) is 0 Å². The summed E-state index contributed by atoms with van der Waals surface area (Å²) in [5.41, 5.74) is -2.85. The van der Waals surface area contributed by atoms with Crippen molar-refractivity contribution in [1.29, 1.82) is 0 Å². The minimum Gasteiger partial charge on any atom is -0.376 e. The number of benzene rings is 1. The molecule has 2 saturated heterocycles. The van der Waals surface area contributed by atoms with Gasteiger partial charge in [0.1, 0.15) is 4.21 Å². The number of morpholine rings is 1. The lowest BCUT2D eigenvalue weighted by Crippen LogP contribution is -2.60. The smallest absolute Gasteiger partial charge is 0.376 e. The molecule has 7 nitrogen and oxygen atoms in total. The fraction of sp³-hybridized carbons (Fsp3) is 0.583. The van der Waals surface area contributed by atoms with Crippen molar-refractivity contribution in [2.75, 3.05) is 50.8 Å². The van der Waals surface area contributed by atoms with Gasteiger partial charge in [0, 0.05) is 45.0 Å². The van der Waals surface area contributed by atoms with Crippen LogP contribution in [0.25, 0.3) is 0 Å². The van der Waals surface area contributed by atoms with Crippen LogP contribution in [0.5, 0.6) is 0 Å². The number of ether oxygens (including phenoxy) is 1. The summed E-state index contributed by atoms with van der Waals surface area (Å²) in [5.74, 6) is 0. The first-order chi connectivity index (χ1) is 16.7. The summed E-state index contributed by atoms with van der Waals surface area (Å²) in [6, 6.07) is 8.77. The van der Waals surface area contributed by atoms with Gasteiger partial charge < -0.3 is 14.7 Å². The molecule has 2 aliphatic heterocycles. The van der Waals surface area contributed by atoms with Gasteiger partial charge in [0.05, 0.1) is 18.2 Å². The molecule has 2 fully saturated rings. The third-order valence-corrected chi connectivity index (χ3v) is 10.1. The molecule has 36 heavy (non-hydrogen) atoms. The highest BCUT2D eigenvalue weighted by molar-refractivity contribution is 7.91. The van der Waals surface area contributed by atoms with Crippen LogP contribution in [0.1, 0.15) is 26.3 Å². The van der Waals surface area contributed by atoms with Crippen LogP contribution < -0.4 is 4.90 Å². The minimum atomic E-state index is -4.80. The quantitative estimate of drug-likeness (QED) is 0.597. The second kappa shape index (κ2) is 9.88. The minimum absolute atomic E-state index is 0.226. The summed E-state index contributed by atoms with van der Waals surface area (Å²) in [7, 11) is -3.64. The highest BCUT2D eigenvalue weighted by atomic mass is 32.2. The number of thiophene rings is 1. The van der Waals surface area contributed by atoms with Crippen molar-refractivity contribution in [3.8, 4) is 0 Å². The van der Waals surface area contributed by atoms with Crippen molar-refractivity contribution in [3.63, 3.8) is 0 Å². The predicted molar refractivity (Wildman–Crippen MR) is 133 cm³/mol. The monoisotopic (exact) mass is 547 g/mol. The van der Waals surface area contributed by atoms with Gasteiger partial charge in [0.25, 0.3) is 10.0 Å². The van der Waals surface area contributed by atoms with E-state index < -0.39 is 21.8 Å². The number of alkyl halides is 3. The van der Waals surface area contributed by atoms with Gasteiger partial charge in [-0.05, 0) is 49.9 Å². The lowest BCUT2D eigenvalue weighted by Gasteiger charge is -2.46. The summed E-state index contributed by atoms with van der Waals surface area (Å²) >= 11 is 1.18. The summed E-state index contributed by atoms with van der Waals surface area (Å²) in [4.78, 5) is 4.29. The summed E-state index contributed by atoms with van der Waals surface area (Å²) in [5, 5.41) is 11.8. The van der Waals surface area contributed by atoms with Crippen molar-refractivity contribution < 1.29 is 31.4 Å². The average Bonchev–Trinajstić information content (AvgIpc) is 3.34. The summed E-state index contributed by atoms with van der Waals surface area (Å²) in [6.45, 7) is 8.18. The van der Waals surface area contributed by atoms with E-state index in [0.29, 0.717) is 42.7 Å². The van der Waals surface area contributed by atoms with E-state index in [4.69, 9.17) is 4.74 Å². The standard InChI is InChI=1S/C24H32F3N3O4S2/c1-22(2)17-28(12-13-34-22)15-20-16-29(36(32,33)21-5-4-14-35-21)10-11-30(20)19-8-6-18(7-9-19)23(3,31)24(25,26)27/h4-9,14,20,31H,10-13,15-17H2,1-3H3. The summed E-state index contributed by atoms with van der Waals surface area (Å²) in [6.07, 6.45) is -4.80. The van der Waals surface area contributed by atoms with Crippen LogP contribution >= 0.6 is 11.3 Å². The molecular formula is C24H32F3N3O4S2. The number of rotatable bonds is 6. The molecule has 0 bridgehead atoms. The van der Waals surface area contributed by atoms with Gasteiger partial charge in [-0.2, -0.15) is 17.5 Å². The predicted octanol–water partition coefficient (Wildman–Crippen LogP) is 3.51. The third-order valence-electron chi connectivity index (χ3n) is 6.82. The second-order valence-corrected chi connectivity index (χ2v) is 13.2. The zero-order valence-electron chi connectivity index (χ0n) is 20.5. The largest absolute Gasteiger partial charge is 0.421 e. The average molecular weight is 548 g/mol. The fourth-order valence-electron chi connectivity index (χ4n) is 4.79. The molecule has 12 heteroatoms. The molecule has 1 aromatic carbocycles. The van der Waals surface area contributed by atoms with Crippen LogP contribution in [0.3, 0.4) is 0 Å². The highest BCUT2D eigenvalue weighted by Crippen LogP contribution is 2.39. The van der Waals surface area contributed by atoms with Crippen LogP contribution in [0.15, 0.2) is 46.0 Å². The first-order valence-corrected chi connectivity index (χ1v) is 14.1. The number of sulfonamides is 1. The second-order valence-electron chi connectivity index (χ2n) is 10.1. The molecule has 0 spiro atoms. The van der Waals surface area contributed by atoms with Crippen LogP contribution in [0, 0.1) is 0 Å². The molecule has 2 atom stereocenters. The Kier molecular flexibility index (Phi) is 7.50. The number of hydrogen-bond acceptors (Lipinski definition) is 7. The van der Waals surface area contributed by atoms with E-state index in [2.05, 4.69) is 9.80 Å². The van der Waals surface area contributed by atoms with Gasteiger partial charge in [-0.15, -0.1) is 11.3 Å². The number of anilines is 1. The van der Waals surface area contributed by atoms with Gasteiger partial charge in [-0.25, -0.2) is 8.42 Å². The molecule has 0 amide bonds. The molecule has 200 valence electrons. The van der Waals surface area contributed by atoms with Gasteiger partial charge in [-0.3, -0.25) is 4.90 Å². The Morgan fingerprint density at radius 1 is 1.14 bits per heavy atom. The molecule has 1 aromatic heterocycles. The maximum Gasteiger partial charge on any atom is 0.421 e. The van der Waals surface area contributed by atoms with Crippen molar-refractivity contribution >= 4 is 27.0 Å². The van der Waals surface area contributed by atoms with E-state index in [9.17, 15) is 26.7 Å². The number of aliphatic hydroxyl groups is 1. The Labute approximate surface area is 214 Å². The Balaban J connectivity index is 1.60. The van der Waals surface area contributed by atoms with E-state index in [1.807, 2.05) is 13.8 Å². The zero-order chi connectivity index (χ0) is 26.4. The molecule has 0 radical (unpaired) electrons. The molecule has 0 aliphatic carbocycles. The van der Waals surface area contributed by atoms with Gasteiger partial charge in [0.15, 0.2) is 5.60 Å². The van der Waals surface area contributed by atoms with Crippen molar-refractivity contribution in [1.82, 2.24) is 9.21 Å². The molecule has 2 aliphatic rings. The molecule has 2 unspecified atom stereocenters. The molecule has 1 N–H and O–H groups in total. The van der Waals surface area contributed by atoms with Gasteiger partial charge in [0.2, 0.25) is 0 Å². The van der Waals surface area contributed by atoms with E-state index in [-0.39, 0.29) is 30.3 Å². The summed E-state index contributed by atoms with van der Waals surface area (Å²) < 4.78 is 73.9. The maximum atomic E-state index is 13.3. The van der Waals surface area contributed by atoms with E-state index >= 15 is 0 Å². The van der Waals surface area contributed by atoms with Gasteiger partial charge in [-0.1, -0.05) is 18.2 Å². The van der Waals surface area contributed by atoms with Crippen LogP contribution in [-0.4, -0.2) is 86.4 Å². The van der Waals surface area contributed by atoms with Crippen molar-refractivity contribution in [2.45, 2.75) is 48.4 Å². The number of piperazine rings is 1. The normalized spacial score (nSPS) is 24.0. The topological polar surface area (TPSA) is 73.3 Å². The molecule has 3 heterocycles. The van der Waals surface area contributed by atoms with E-state index in [1.54, 1.807) is 29.6 Å². The highest BCUT2D eigenvalue weighted by Gasteiger charge is 2.51. The van der Waals surface area contributed by atoms with Crippen molar-refractivity contribution in [3.05, 3.63) is 47.3 Å². The third kappa shape index (κ3) is 5.58. The Hall–Kier alpha value is -1.70. The Bertz CT molecular complexity index is 1140. The van der Waals surface area contributed by atoms with E-state index in [1.165, 1.54) is 27.8 Å². The molecule has 2 aromatic rings. The number of halogens is 3. The van der Waals surface area contributed by atoms with Crippen LogP contribution in [0.4, 0.5) is 18.9 Å².